The largest absolute Gasteiger partial charge is 0.375 e. The fourth-order valence-electron chi connectivity index (χ4n) is 2.62. The standard InChI is InChI=1S/C16H22N2O4S/c1-2-14-11-18(8-9-22-14)16(19)12-4-3-5-15(10-12)23(20,21)17-13-6-7-13/h3-5,10,13-14,17H,2,6-9,11H2,1H3. The quantitative estimate of drug-likeness (QED) is 0.880. The second-order valence-electron chi connectivity index (χ2n) is 6.08. The molecule has 3 rings (SSSR count). The molecule has 1 aromatic carbocycles. The third-order valence-corrected chi connectivity index (χ3v) is 5.69. The predicted octanol–water partition coefficient (Wildman–Crippen LogP) is 1.38. The van der Waals surface area contributed by atoms with E-state index in [-0.39, 0.29) is 22.9 Å². The summed E-state index contributed by atoms with van der Waals surface area (Å²) in [6.45, 7) is 3.63. The molecule has 1 N–H and O–H groups in total. The molecular weight excluding hydrogens is 316 g/mol. The molecule has 0 bridgehead atoms. The maximum Gasteiger partial charge on any atom is 0.254 e. The second kappa shape index (κ2) is 6.59. The summed E-state index contributed by atoms with van der Waals surface area (Å²) in [6.07, 6.45) is 2.66. The van der Waals surface area contributed by atoms with Gasteiger partial charge in [-0.15, -0.1) is 0 Å². The number of morpholine rings is 1. The monoisotopic (exact) mass is 338 g/mol. The topological polar surface area (TPSA) is 75.7 Å². The SMILES string of the molecule is CCC1CN(C(=O)c2cccc(S(=O)(=O)NC3CC3)c2)CCO1. The molecule has 0 spiro atoms. The number of nitrogens with zero attached hydrogens (tertiary/aromatic N) is 1. The van der Waals surface area contributed by atoms with E-state index >= 15 is 0 Å². The van der Waals surface area contributed by atoms with Gasteiger partial charge in [0.1, 0.15) is 0 Å². The molecule has 1 atom stereocenters. The van der Waals surface area contributed by atoms with Gasteiger partial charge in [0.2, 0.25) is 10.0 Å². The fraction of sp³-hybridized carbons (Fsp3) is 0.562. The van der Waals surface area contributed by atoms with Crippen LogP contribution in [-0.2, 0) is 14.8 Å². The van der Waals surface area contributed by atoms with Gasteiger partial charge in [-0.25, -0.2) is 13.1 Å². The molecule has 1 aliphatic carbocycles. The Morgan fingerprint density at radius 2 is 2.17 bits per heavy atom. The first-order chi connectivity index (χ1) is 11.0. The van der Waals surface area contributed by atoms with Crippen molar-refractivity contribution in [3.8, 4) is 0 Å². The Bertz CT molecular complexity index is 685. The van der Waals surface area contributed by atoms with Gasteiger partial charge in [-0.05, 0) is 37.5 Å². The third kappa shape index (κ3) is 3.91. The molecule has 1 aliphatic heterocycles. The van der Waals surface area contributed by atoms with E-state index in [1.54, 1.807) is 17.0 Å². The Balaban J connectivity index is 1.77. The first-order valence-electron chi connectivity index (χ1n) is 8.03. The summed E-state index contributed by atoms with van der Waals surface area (Å²) in [5, 5.41) is 0. The van der Waals surface area contributed by atoms with E-state index in [1.165, 1.54) is 12.1 Å². The minimum atomic E-state index is -3.54. The summed E-state index contributed by atoms with van der Waals surface area (Å²) in [6, 6.07) is 6.31. The van der Waals surface area contributed by atoms with Crippen LogP contribution in [0.15, 0.2) is 29.2 Å². The van der Waals surface area contributed by atoms with Crippen LogP contribution in [0.5, 0.6) is 0 Å². The number of hydrogen-bond acceptors (Lipinski definition) is 4. The zero-order valence-electron chi connectivity index (χ0n) is 13.2. The summed E-state index contributed by atoms with van der Waals surface area (Å²) >= 11 is 0. The number of carbonyl (C=O) groups excluding carboxylic acids is 1. The van der Waals surface area contributed by atoms with E-state index in [1.807, 2.05) is 6.92 Å². The molecule has 126 valence electrons. The zero-order chi connectivity index (χ0) is 16.4. The molecule has 23 heavy (non-hydrogen) atoms. The molecule has 1 aromatic rings. The molecule has 6 nitrogen and oxygen atoms in total. The van der Waals surface area contributed by atoms with Crippen molar-refractivity contribution in [2.75, 3.05) is 19.7 Å². The van der Waals surface area contributed by atoms with E-state index in [9.17, 15) is 13.2 Å². The number of amides is 1. The average Bonchev–Trinajstić information content (AvgIpc) is 3.37. The van der Waals surface area contributed by atoms with Crippen molar-refractivity contribution in [3.05, 3.63) is 29.8 Å². The molecule has 0 aromatic heterocycles. The predicted molar refractivity (Wildman–Crippen MR) is 85.7 cm³/mol. The molecule has 0 radical (unpaired) electrons. The van der Waals surface area contributed by atoms with Crippen LogP contribution in [-0.4, -0.2) is 51.1 Å². The molecule has 2 fully saturated rings. The van der Waals surface area contributed by atoms with Crippen LogP contribution >= 0.6 is 0 Å². The highest BCUT2D eigenvalue weighted by Crippen LogP contribution is 2.23. The normalized spacial score (nSPS) is 22.1. The van der Waals surface area contributed by atoms with Gasteiger partial charge < -0.3 is 9.64 Å². The van der Waals surface area contributed by atoms with Crippen molar-refractivity contribution < 1.29 is 17.9 Å². The Morgan fingerprint density at radius 3 is 2.87 bits per heavy atom. The lowest BCUT2D eigenvalue weighted by Gasteiger charge is -2.32. The average molecular weight is 338 g/mol. The highest BCUT2D eigenvalue weighted by atomic mass is 32.2. The number of ether oxygens (including phenoxy) is 1. The van der Waals surface area contributed by atoms with Crippen LogP contribution < -0.4 is 4.72 Å². The second-order valence-corrected chi connectivity index (χ2v) is 7.79. The number of benzene rings is 1. The van der Waals surface area contributed by atoms with Gasteiger partial charge in [0.25, 0.3) is 5.91 Å². The molecule has 1 amide bonds. The molecule has 1 saturated carbocycles. The minimum absolute atomic E-state index is 0.0453. The Kier molecular flexibility index (Phi) is 4.70. The molecule has 1 heterocycles. The van der Waals surface area contributed by atoms with Gasteiger partial charge in [-0.3, -0.25) is 4.79 Å². The van der Waals surface area contributed by atoms with Crippen molar-refractivity contribution in [2.45, 2.75) is 43.2 Å². The van der Waals surface area contributed by atoms with Gasteiger partial charge >= 0.3 is 0 Å². The van der Waals surface area contributed by atoms with Crippen LogP contribution in [0.2, 0.25) is 0 Å². The van der Waals surface area contributed by atoms with Gasteiger partial charge in [0.05, 0.1) is 17.6 Å². The number of nitrogens with one attached hydrogen (secondary N) is 1. The van der Waals surface area contributed by atoms with Crippen molar-refractivity contribution in [1.82, 2.24) is 9.62 Å². The molecule has 1 unspecified atom stereocenters. The van der Waals surface area contributed by atoms with E-state index in [0.29, 0.717) is 25.3 Å². The van der Waals surface area contributed by atoms with Crippen LogP contribution in [0.1, 0.15) is 36.5 Å². The van der Waals surface area contributed by atoms with Crippen LogP contribution in [0, 0.1) is 0 Å². The van der Waals surface area contributed by atoms with E-state index in [2.05, 4.69) is 4.72 Å². The maximum absolute atomic E-state index is 12.6. The third-order valence-electron chi connectivity index (χ3n) is 4.17. The van der Waals surface area contributed by atoms with E-state index < -0.39 is 10.0 Å². The fourth-order valence-corrected chi connectivity index (χ4v) is 3.97. The van der Waals surface area contributed by atoms with Gasteiger partial charge in [0, 0.05) is 24.7 Å². The molecular formula is C16H22N2O4S. The number of hydrogen-bond donors (Lipinski definition) is 1. The lowest BCUT2D eigenvalue weighted by atomic mass is 10.1. The highest BCUT2D eigenvalue weighted by Gasteiger charge is 2.29. The van der Waals surface area contributed by atoms with E-state index in [0.717, 1.165) is 19.3 Å². The van der Waals surface area contributed by atoms with Crippen molar-refractivity contribution in [1.29, 1.82) is 0 Å². The molecule has 1 saturated heterocycles. The number of rotatable bonds is 5. The van der Waals surface area contributed by atoms with Crippen LogP contribution in [0.4, 0.5) is 0 Å². The first kappa shape index (κ1) is 16.4. The minimum Gasteiger partial charge on any atom is -0.375 e. The van der Waals surface area contributed by atoms with Crippen LogP contribution in [0.3, 0.4) is 0 Å². The highest BCUT2D eigenvalue weighted by molar-refractivity contribution is 7.89. The first-order valence-corrected chi connectivity index (χ1v) is 9.51. The van der Waals surface area contributed by atoms with Gasteiger partial charge in [-0.1, -0.05) is 13.0 Å². The Labute approximate surface area is 136 Å². The Morgan fingerprint density at radius 1 is 1.39 bits per heavy atom. The summed E-state index contributed by atoms with van der Waals surface area (Å²) < 4.78 is 32.8. The summed E-state index contributed by atoms with van der Waals surface area (Å²) in [4.78, 5) is 14.5. The number of sulfonamides is 1. The maximum atomic E-state index is 12.6. The summed E-state index contributed by atoms with van der Waals surface area (Å²) in [5.74, 6) is -0.143. The van der Waals surface area contributed by atoms with Crippen molar-refractivity contribution in [2.24, 2.45) is 0 Å². The Hall–Kier alpha value is -1.44. The smallest absolute Gasteiger partial charge is 0.254 e. The lowest BCUT2D eigenvalue weighted by molar-refractivity contribution is -0.0226. The summed E-state index contributed by atoms with van der Waals surface area (Å²) in [7, 11) is -3.54. The molecule has 7 heteroatoms. The van der Waals surface area contributed by atoms with Gasteiger partial charge in [-0.2, -0.15) is 0 Å². The number of carbonyl (C=O) groups is 1. The molecule has 2 aliphatic rings. The summed E-state index contributed by atoms with van der Waals surface area (Å²) in [5.41, 5.74) is 0.403. The van der Waals surface area contributed by atoms with E-state index in [4.69, 9.17) is 4.74 Å². The zero-order valence-corrected chi connectivity index (χ0v) is 14.0. The lowest BCUT2D eigenvalue weighted by Crippen LogP contribution is -2.45. The van der Waals surface area contributed by atoms with Crippen molar-refractivity contribution >= 4 is 15.9 Å². The van der Waals surface area contributed by atoms with Crippen LogP contribution in [0.25, 0.3) is 0 Å². The van der Waals surface area contributed by atoms with Gasteiger partial charge in [0.15, 0.2) is 0 Å². The van der Waals surface area contributed by atoms with Crippen molar-refractivity contribution in [3.63, 3.8) is 0 Å².